The van der Waals surface area contributed by atoms with E-state index in [4.69, 9.17) is 9.15 Å². The van der Waals surface area contributed by atoms with Crippen LogP contribution in [0.3, 0.4) is 0 Å². The molecule has 7 nitrogen and oxygen atoms in total. The quantitative estimate of drug-likeness (QED) is 0.454. The Kier molecular flexibility index (Phi) is 6.46. The first-order valence-electron chi connectivity index (χ1n) is 9.27. The summed E-state index contributed by atoms with van der Waals surface area (Å²) < 4.78 is 24.9. The molecule has 0 radical (unpaired) electrons. The smallest absolute Gasteiger partial charge is 0.325 e. The van der Waals surface area contributed by atoms with Crippen molar-refractivity contribution in [1.29, 1.82) is 0 Å². The normalized spacial score (nSPS) is 10.6. The number of Topliss-reactive ketones (excluding diaryl/α,β-unsaturated/α-hetero) is 1. The van der Waals surface area contributed by atoms with Crippen molar-refractivity contribution in [2.45, 2.75) is 20.4 Å². The second-order valence-electron chi connectivity index (χ2n) is 6.74. The molecule has 0 aliphatic rings. The third-order valence-electron chi connectivity index (χ3n) is 4.63. The van der Waals surface area contributed by atoms with Gasteiger partial charge < -0.3 is 19.0 Å². The number of aromatic nitrogens is 1. The van der Waals surface area contributed by atoms with E-state index < -0.39 is 18.5 Å². The van der Waals surface area contributed by atoms with E-state index in [0.29, 0.717) is 12.1 Å². The van der Waals surface area contributed by atoms with Crippen LogP contribution in [0.1, 0.15) is 37.9 Å². The van der Waals surface area contributed by atoms with E-state index in [9.17, 15) is 18.8 Å². The summed E-state index contributed by atoms with van der Waals surface area (Å²) in [6.07, 6.45) is 1.35. The van der Waals surface area contributed by atoms with Crippen LogP contribution in [-0.2, 0) is 16.1 Å². The third kappa shape index (κ3) is 5.02. The number of rotatable bonds is 8. The highest BCUT2D eigenvalue weighted by molar-refractivity contribution is 5.99. The van der Waals surface area contributed by atoms with Crippen LogP contribution in [0.4, 0.5) is 4.39 Å². The molecule has 0 atom stereocenters. The number of halogens is 1. The summed E-state index contributed by atoms with van der Waals surface area (Å²) in [5.74, 6) is -1.86. The Morgan fingerprint density at radius 3 is 2.53 bits per heavy atom. The SMILES string of the molecule is Cc1cc(C(=O)COC(=O)CNC(=O)c2ccco2)c(C)n1Cc1ccc(F)cc1. The van der Waals surface area contributed by atoms with E-state index >= 15 is 0 Å². The molecule has 0 aliphatic heterocycles. The molecule has 2 heterocycles. The molecule has 0 unspecified atom stereocenters. The van der Waals surface area contributed by atoms with Gasteiger partial charge >= 0.3 is 5.97 Å². The number of hydrogen-bond acceptors (Lipinski definition) is 5. The Morgan fingerprint density at radius 1 is 1.13 bits per heavy atom. The maximum atomic E-state index is 13.1. The van der Waals surface area contributed by atoms with E-state index in [0.717, 1.165) is 17.0 Å². The van der Waals surface area contributed by atoms with Gasteiger partial charge in [-0.15, -0.1) is 0 Å². The second-order valence-corrected chi connectivity index (χ2v) is 6.74. The summed E-state index contributed by atoms with van der Waals surface area (Å²) in [5.41, 5.74) is 2.93. The Morgan fingerprint density at radius 2 is 1.87 bits per heavy atom. The zero-order valence-electron chi connectivity index (χ0n) is 16.6. The molecule has 0 spiro atoms. The van der Waals surface area contributed by atoms with Crippen LogP contribution in [0.25, 0.3) is 0 Å². The van der Waals surface area contributed by atoms with Gasteiger partial charge in [0.05, 0.1) is 6.26 Å². The van der Waals surface area contributed by atoms with E-state index in [1.54, 1.807) is 31.2 Å². The average Bonchev–Trinajstić information content (AvgIpc) is 3.36. The van der Waals surface area contributed by atoms with Crippen molar-refractivity contribution in [3.8, 4) is 0 Å². The number of ketones is 1. The first kappa shape index (κ1) is 21.0. The van der Waals surface area contributed by atoms with Gasteiger partial charge in [-0.2, -0.15) is 0 Å². The molecular weight excluding hydrogens is 391 g/mol. The molecule has 0 saturated heterocycles. The van der Waals surface area contributed by atoms with Gasteiger partial charge in [-0.25, -0.2) is 4.39 Å². The lowest BCUT2D eigenvalue weighted by Crippen LogP contribution is -2.31. The van der Waals surface area contributed by atoms with Crippen molar-refractivity contribution in [2.24, 2.45) is 0 Å². The lowest BCUT2D eigenvalue weighted by Gasteiger charge is -2.10. The Balaban J connectivity index is 1.55. The Bertz CT molecular complexity index is 1050. The predicted octanol–water partition coefficient (Wildman–Crippen LogP) is 3.04. The fraction of sp³-hybridized carbons (Fsp3) is 0.227. The number of nitrogens with zero attached hydrogens (tertiary/aromatic N) is 1. The number of hydrogen-bond donors (Lipinski definition) is 1. The maximum absolute atomic E-state index is 13.1. The number of aryl methyl sites for hydroxylation is 1. The largest absolute Gasteiger partial charge is 0.459 e. The van der Waals surface area contributed by atoms with E-state index in [1.807, 2.05) is 11.5 Å². The minimum atomic E-state index is -0.733. The molecule has 3 aromatic rings. The number of carbonyl (C=O) groups is 3. The number of benzene rings is 1. The number of furan rings is 1. The van der Waals surface area contributed by atoms with Gasteiger partial charge in [0.25, 0.3) is 5.91 Å². The first-order chi connectivity index (χ1) is 14.3. The van der Waals surface area contributed by atoms with Gasteiger partial charge in [0.15, 0.2) is 12.4 Å². The topological polar surface area (TPSA) is 90.5 Å². The predicted molar refractivity (Wildman–Crippen MR) is 106 cm³/mol. The highest BCUT2D eigenvalue weighted by Gasteiger charge is 2.18. The molecule has 1 aromatic carbocycles. The molecule has 0 aliphatic carbocycles. The monoisotopic (exact) mass is 412 g/mol. The first-order valence-corrected chi connectivity index (χ1v) is 9.27. The van der Waals surface area contributed by atoms with Crippen LogP contribution in [0, 0.1) is 19.7 Å². The Hall–Kier alpha value is -3.68. The standard InChI is InChI=1S/C22H21FN2O5/c1-14-10-18(15(2)25(14)12-16-5-7-17(23)8-6-16)19(26)13-30-21(27)11-24-22(28)20-4-3-9-29-20/h3-10H,11-13H2,1-2H3,(H,24,28). The second kappa shape index (κ2) is 9.21. The van der Waals surface area contributed by atoms with Crippen molar-refractivity contribution in [3.05, 3.63) is 82.8 Å². The zero-order chi connectivity index (χ0) is 21.7. The van der Waals surface area contributed by atoms with Gasteiger partial charge in [0.1, 0.15) is 12.4 Å². The summed E-state index contributed by atoms with van der Waals surface area (Å²) in [4.78, 5) is 36.1. The molecule has 0 fully saturated rings. The number of amides is 1. The molecule has 156 valence electrons. The molecule has 3 rings (SSSR count). The fourth-order valence-corrected chi connectivity index (χ4v) is 3.02. The number of nitrogens with one attached hydrogen (secondary N) is 1. The maximum Gasteiger partial charge on any atom is 0.325 e. The Labute approximate surface area is 172 Å². The van der Waals surface area contributed by atoms with Crippen molar-refractivity contribution < 1.29 is 27.9 Å². The number of esters is 1. The van der Waals surface area contributed by atoms with E-state index in [2.05, 4.69) is 5.32 Å². The lowest BCUT2D eigenvalue weighted by molar-refractivity contribution is -0.141. The summed E-state index contributed by atoms with van der Waals surface area (Å²) >= 11 is 0. The summed E-state index contributed by atoms with van der Waals surface area (Å²) in [7, 11) is 0. The van der Waals surface area contributed by atoms with Crippen molar-refractivity contribution >= 4 is 17.7 Å². The van der Waals surface area contributed by atoms with E-state index in [1.165, 1.54) is 24.5 Å². The van der Waals surface area contributed by atoms with Gasteiger partial charge in [-0.1, -0.05) is 12.1 Å². The van der Waals surface area contributed by atoms with Crippen LogP contribution in [0.2, 0.25) is 0 Å². The minimum Gasteiger partial charge on any atom is -0.459 e. The van der Waals surface area contributed by atoms with Crippen LogP contribution in [0.15, 0.2) is 53.1 Å². The van der Waals surface area contributed by atoms with Crippen molar-refractivity contribution in [1.82, 2.24) is 9.88 Å². The van der Waals surface area contributed by atoms with Gasteiger partial charge in [0.2, 0.25) is 5.78 Å². The van der Waals surface area contributed by atoms with Crippen LogP contribution >= 0.6 is 0 Å². The number of ether oxygens (including phenoxy) is 1. The van der Waals surface area contributed by atoms with Gasteiger partial charge in [0, 0.05) is 23.5 Å². The highest BCUT2D eigenvalue weighted by atomic mass is 19.1. The summed E-state index contributed by atoms with van der Waals surface area (Å²) in [6.45, 7) is 3.34. The van der Waals surface area contributed by atoms with Crippen molar-refractivity contribution in [2.75, 3.05) is 13.2 Å². The molecule has 30 heavy (non-hydrogen) atoms. The summed E-state index contributed by atoms with van der Waals surface area (Å²) in [5, 5.41) is 2.35. The van der Waals surface area contributed by atoms with Crippen LogP contribution in [-0.4, -0.2) is 35.4 Å². The lowest BCUT2D eigenvalue weighted by atomic mass is 10.1. The van der Waals surface area contributed by atoms with Gasteiger partial charge in [-0.05, 0) is 49.7 Å². The molecule has 0 bridgehead atoms. The zero-order valence-corrected chi connectivity index (χ0v) is 16.6. The third-order valence-corrected chi connectivity index (χ3v) is 4.63. The average molecular weight is 412 g/mol. The van der Waals surface area contributed by atoms with Crippen LogP contribution in [0.5, 0.6) is 0 Å². The molecule has 8 heteroatoms. The highest BCUT2D eigenvalue weighted by Crippen LogP contribution is 2.18. The fourth-order valence-electron chi connectivity index (χ4n) is 3.02. The molecule has 2 aromatic heterocycles. The molecule has 0 saturated carbocycles. The molecule has 1 N–H and O–H groups in total. The van der Waals surface area contributed by atoms with Gasteiger partial charge in [-0.3, -0.25) is 14.4 Å². The summed E-state index contributed by atoms with van der Waals surface area (Å²) in [6, 6.07) is 10.9. The van der Waals surface area contributed by atoms with Crippen LogP contribution < -0.4 is 5.32 Å². The minimum absolute atomic E-state index is 0.0764. The molecule has 1 amide bonds. The molecular formula is C22H21FN2O5. The number of carbonyl (C=O) groups excluding carboxylic acids is 3. The van der Waals surface area contributed by atoms with Crippen molar-refractivity contribution in [3.63, 3.8) is 0 Å². The van der Waals surface area contributed by atoms with E-state index in [-0.39, 0.29) is 23.9 Å².